The van der Waals surface area contributed by atoms with Crippen molar-refractivity contribution in [3.05, 3.63) is 41.0 Å². The van der Waals surface area contributed by atoms with Crippen LogP contribution in [0.5, 0.6) is 0 Å². The molecule has 2 N–H and O–H groups in total. The minimum atomic E-state index is 0.594. The minimum absolute atomic E-state index is 0.594. The standard InChI is InChI=1S/C15H16N4OS/c1-8-9(2)17-15(18-10(8)3)21-7-14-19-12-6-11(16)4-5-13(12)20-14/h4-6H,7,16H2,1-3H3. The normalized spacial score (nSPS) is 11.2. The van der Waals surface area contributed by atoms with Gasteiger partial charge in [-0.05, 0) is 44.5 Å². The summed E-state index contributed by atoms with van der Waals surface area (Å²) in [6, 6.07) is 5.45. The molecule has 0 unspecified atom stereocenters. The molecule has 3 aromatic rings. The van der Waals surface area contributed by atoms with Crippen molar-refractivity contribution in [3.63, 3.8) is 0 Å². The van der Waals surface area contributed by atoms with Crippen LogP contribution in [0.4, 0.5) is 5.69 Å². The summed E-state index contributed by atoms with van der Waals surface area (Å²) in [7, 11) is 0. The first-order chi connectivity index (χ1) is 10.0. The zero-order valence-electron chi connectivity index (χ0n) is 12.2. The second kappa shape index (κ2) is 5.37. The molecule has 2 aromatic heterocycles. The van der Waals surface area contributed by atoms with Gasteiger partial charge in [0.05, 0.1) is 5.75 Å². The minimum Gasteiger partial charge on any atom is -0.440 e. The van der Waals surface area contributed by atoms with Crippen molar-refractivity contribution in [2.45, 2.75) is 31.7 Å². The van der Waals surface area contributed by atoms with Gasteiger partial charge in [-0.3, -0.25) is 0 Å². The lowest BCUT2D eigenvalue weighted by atomic mass is 10.2. The van der Waals surface area contributed by atoms with Crippen molar-refractivity contribution in [2.75, 3.05) is 5.73 Å². The highest BCUT2D eigenvalue weighted by molar-refractivity contribution is 7.98. The Bertz CT molecular complexity index is 790. The number of nitrogens with zero attached hydrogens (tertiary/aromatic N) is 3. The van der Waals surface area contributed by atoms with E-state index in [1.807, 2.05) is 32.9 Å². The van der Waals surface area contributed by atoms with E-state index in [1.54, 1.807) is 6.07 Å². The second-order valence-corrected chi connectivity index (χ2v) is 5.87. The molecular weight excluding hydrogens is 284 g/mol. The largest absolute Gasteiger partial charge is 0.440 e. The van der Waals surface area contributed by atoms with Crippen molar-refractivity contribution in [1.29, 1.82) is 0 Å². The number of anilines is 1. The van der Waals surface area contributed by atoms with Crippen LogP contribution in [0.2, 0.25) is 0 Å². The number of aromatic nitrogens is 3. The fourth-order valence-electron chi connectivity index (χ4n) is 1.99. The predicted octanol–water partition coefficient (Wildman–Crippen LogP) is 3.42. The SMILES string of the molecule is Cc1nc(SCc2nc3cc(N)ccc3o2)nc(C)c1C. The van der Waals surface area contributed by atoms with Gasteiger partial charge in [-0.25, -0.2) is 15.0 Å². The molecule has 2 heterocycles. The van der Waals surface area contributed by atoms with E-state index in [0.717, 1.165) is 33.2 Å². The number of nitrogen functional groups attached to an aromatic ring is 1. The Morgan fingerprint density at radius 2 is 1.81 bits per heavy atom. The number of nitrogens with two attached hydrogens (primary N) is 1. The smallest absolute Gasteiger partial charge is 0.205 e. The molecule has 6 heteroatoms. The molecule has 0 saturated heterocycles. The van der Waals surface area contributed by atoms with E-state index in [1.165, 1.54) is 11.8 Å². The van der Waals surface area contributed by atoms with Crippen LogP contribution in [0.3, 0.4) is 0 Å². The molecule has 0 atom stereocenters. The Morgan fingerprint density at radius 1 is 1.10 bits per heavy atom. The van der Waals surface area contributed by atoms with E-state index >= 15 is 0 Å². The third-order valence-electron chi connectivity index (χ3n) is 3.39. The molecule has 0 bridgehead atoms. The van der Waals surface area contributed by atoms with Gasteiger partial charge in [0.15, 0.2) is 10.7 Å². The predicted molar refractivity (Wildman–Crippen MR) is 84.2 cm³/mol. The summed E-state index contributed by atoms with van der Waals surface area (Å²) in [6.45, 7) is 6.02. The maximum atomic E-state index is 5.74. The van der Waals surface area contributed by atoms with Crippen LogP contribution in [-0.2, 0) is 5.75 Å². The quantitative estimate of drug-likeness (QED) is 0.453. The molecule has 21 heavy (non-hydrogen) atoms. The summed E-state index contributed by atoms with van der Waals surface area (Å²) >= 11 is 1.52. The lowest BCUT2D eigenvalue weighted by Gasteiger charge is -2.05. The summed E-state index contributed by atoms with van der Waals surface area (Å²) in [4.78, 5) is 13.4. The zero-order valence-corrected chi connectivity index (χ0v) is 13.0. The van der Waals surface area contributed by atoms with E-state index in [9.17, 15) is 0 Å². The maximum absolute atomic E-state index is 5.74. The third-order valence-corrected chi connectivity index (χ3v) is 4.22. The van der Waals surface area contributed by atoms with Crippen LogP contribution >= 0.6 is 11.8 Å². The number of hydrogen-bond acceptors (Lipinski definition) is 6. The van der Waals surface area contributed by atoms with Gasteiger partial charge in [-0.1, -0.05) is 11.8 Å². The summed E-state index contributed by atoms with van der Waals surface area (Å²) in [5.74, 6) is 1.25. The molecule has 0 fully saturated rings. The lowest BCUT2D eigenvalue weighted by molar-refractivity contribution is 0.556. The number of thioether (sulfide) groups is 1. The van der Waals surface area contributed by atoms with Crippen LogP contribution in [0, 0.1) is 20.8 Å². The zero-order chi connectivity index (χ0) is 15.0. The first-order valence-electron chi connectivity index (χ1n) is 6.62. The van der Waals surface area contributed by atoms with E-state index in [4.69, 9.17) is 10.2 Å². The average molecular weight is 300 g/mol. The highest BCUT2D eigenvalue weighted by Gasteiger charge is 2.09. The van der Waals surface area contributed by atoms with Crippen LogP contribution in [0.1, 0.15) is 22.8 Å². The van der Waals surface area contributed by atoms with E-state index in [-0.39, 0.29) is 0 Å². The molecule has 0 amide bonds. The van der Waals surface area contributed by atoms with Crippen molar-refractivity contribution in [1.82, 2.24) is 15.0 Å². The molecule has 3 rings (SSSR count). The number of hydrogen-bond donors (Lipinski definition) is 1. The molecule has 0 aliphatic heterocycles. The Balaban J connectivity index is 1.80. The molecule has 0 aliphatic rings. The molecule has 1 aromatic carbocycles. The van der Waals surface area contributed by atoms with Crippen molar-refractivity contribution >= 4 is 28.5 Å². The Morgan fingerprint density at radius 3 is 2.52 bits per heavy atom. The second-order valence-electron chi connectivity index (χ2n) is 4.93. The highest BCUT2D eigenvalue weighted by Crippen LogP contribution is 2.24. The number of benzene rings is 1. The summed E-state index contributed by atoms with van der Waals surface area (Å²) in [6.07, 6.45) is 0. The Hall–Kier alpha value is -2.08. The summed E-state index contributed by atoms with van der Waals surface area (Å²) in [5, 5.41) is 0.748. The van der Waals surface area contributed by atoms with E-state index in [0.29, 0.717) is 17.3 Å². The molecule has 108 valence electrons. The molecule has 0 aliphatic carbocycles. The van der Waals surface area contributed by atoms with Gasteiger partial charge < -0.3 is 10.2 Å². The van der Waals surface area contributed by atoms with Gasteiger partial charge in [0.1, 0.15) is 5.52 Å². The van der Waals surface area contributed by atoms with E-state index in [2.05, 4.69) is 15.0 Å². The fourth-order valence-corrected chi connectivity index (χ4v) is 2.77. The number of aryl methyl sites for hydroxylation is 2. The van der Waals surface area contributed by atoms with Gasteiger partial charge in [-0.2, -0.15) is 0 Å². The topological polar surface area (TPSA) is 77.8 Å². The number of rotatable bonds is 3. The molecular formula is C15H16N4OS. The lowest BCUT2D eigenvalue weighted by Crippen LogP contribution is -1.98. The third kappa shape index (κ3) is 2.85. The molecule has 0 radical (unpaired) electrons. The van der Waals surface area contributed by atoms with Crippen LogP contribution < -0.4 is 5.73 Å². The van der Waals surface area contributed by atoms with Crippen molar-refractivity contribution < 1.29 is 4.42 Å². The van der Waals surface area contributed by atoms with Gasteiger partial charge in [0.25, 0.3) is 0 Å². The van der Waals surface area contributed by atoms with Gasteiger partial charge in [0, 0.05) is 17.1 Å². The highest BCUT2D eigenvalue weighted by atomic mass is 32.2. The Labute approximate surface area is 127 Å². The van der Waals surface area contributed by atoms with Crippen molar-refractivity contribution in [2.24, 2.45) is 0 Å². The van der Waals surface area contributed by atoms with Crippen LogP contribution in [-0.4, -0.2) is 15.0 Å². The molecule has 0 spiro atoms. The van der Waals surface area contributed by atoms with Gasteiger partial charge in [0.2, 0.25) is 5.89 Å². The average Bonchev–Trinajstić information content (AvgIpc) is 2.84. The van der Waals surface area contributed by atoms with Crippen LogP contribution in [0.25, 0.3) is 11.1 Å². The molecule has 0 saturated carbocycles. The Kier molecular flexibility index (Phi) is 3.55. The fraction of sp³-hybridized carbons (Fsp3) is 0.267. The van der Waals surface area contributed by atoms with E-state index < -0.39 is 0 Å². The first kappa shape index (κ1) is 13.9. The number of oxazole rings is 1. The maximum Gasteiger partial charge on any atom is 0.205 e. The summed E-state index contributed by atoms with van der Waals surface area (Å²) < 4.78 is 5.69. The van der Waals surface area contributed by atoms with Crippen LogP contribution in [0.15, 0.2) is 27.8 Å². The molecule has 5 nitrogen and oxygen atoms in total. The summed E-state index contributed by atoms with van der Waals surface area (Å²) in [5.41, 5.74) is 11.1. The van der Waals surface area contributed by atoms with Gasteiger partial charge >= 0.3 is 0 Å². The monoisotopic (exact) mass is 300 g/mol. The van der Waals surface area contributed by atoms with Crippen molar-refractivity contribution in [3.8, 4) is 0 Å². The number of fused-ring (bicyclic) bond motifs is 1. The van der Waals surface area contributed by atoms with Gasteiger partial charge in [-0.15, -0.1) is 0 Å². The first-order valence-corrected chi connectivity index (χ1v) is 7.61.